The summed E-state index contributed by atoms with van der Waals surface area (Å²) in [4.78, 5) is 10.5. The van der Waals surface area contributed by atoms with Crippen LogP contribution in [-0.2, 0) is 16.1 Å². The molecule has 3 N–H and O–H groups in total. The van der Waals surface area contributed by atoms with Crippen LogP contribution in [0.3, 0.4) is 0 Å². The van der Waals surface area contributed by atoms with E-state index in [1.165, 1.54) is 0 Å². The van der Waals surface area contributed by atoms with E-state index in [0.29, 0.717) is 18.3 Å². The van der Waals surface area contributed by atoms with Gasteiger partial charge in [0.25, 0.3) is 0 Å². The van der Waals surface area contributed by atoms with Gasteiger partial charge in [-0.15, -0.1) is 10.2 Å². The summed E-state index contributed by atoms with van der Waals surface area (Å²) in [6.07, 6.45) is -0.0255. The van der Waals surface area contributed by atoms with Crippen LogP contribution in [0.15, 0.2) is 5.16 Å². The normalized spacial score (nSPS) is 12.6. The molecule has 1 aromatic heterocycles. The van der Waals surface area contributed by atoms with Crippen molar-refractivity contribution in [3.8, 4) is 0 Å². The Hall–Kier alpha value is -1.28. The second kappa shape index (κ2) is 6.45. The maximum Gasteiger partial charge on any atom is 0.313 e. The molecule has 0 fully saturated rings. The van der Waals surface area contributed by atoms with Gasteiger partial charge in [0, 0.05) is 6.61 Å². The number of aromatic nitrogens is 3. The fraction of sp³-hybridized carbons (Fsp3) is 0.667. The van der Waals surface area contributed by atoms with Gasteiger partial charge in [-0.25, -0.2) is 0 Å². The molecule has 8 heteroatoms. The standard InChI is InChI=1S/C9H16N4O3S/c1-3-16-6(2)4-13-8(10)11-12-9(13)17-5-7(14)15/h6H,3-5H2,1-2H3,(H2,10,11)(H,14,15). The number of hydrogen-bond donors (Lipinski definition) is 2. The number of carbonyl (C=O) groups is 1. The van der Waals surface area contributed by atoms with Crippen LogP contribution in [0.5, 0.6) is 0 Å². The van der Waals surface area contributed by atoms with Crippen LogP contribution in [0.4, 0.5) is 5.95 Å². The van der Waals surface area contributed by atoms with Gasteiger partial charge < -0.3 is 15.6 Å². The Bertz CT molecular complexity index is 382. The Kier molecular flexibility index (Phi) is 5.23. The molecule has 1 atom stereocenters. The van der Waals surface area contributed by atoms with E-state index in [9.17, 15) is 4.79 Å². The predicted molar refractivity (Wildman–Crippen MR) is 63.9 cm³/mol. The third-order valence-electron chi connectivity index (χ3n) is 1.96. The highest BCUT2D eigenvalue weighted by molar-refractivity contribution is 7.99. The Labute approximate surface area is 103 Å². The molecule has 0 saturated carbocycles. The lowest BCUT2D eigenvalue weighted by atomic mass is 10.4. The molecular weight excluding hydrogens is 244 g/mol. The second-order valence-electron chi connectivity index (χ2n) is 3.40. The highest BCUT2D eigenvalue weighted by atomic mass is 32.2. The number of hydrogen-bond acceptors (Lipinski definition) is 6. The third kappa shape index (κ3) is 4.23. The fourth-order valence-electron chi connectivity index (χ4n) is 1.30. The topological polar surface area (TPSA) is 103 Å². The lowest BCUT2D eigenvalue weighted by Crippen LogP contribution is -2.18. The van der Waals surface area contributed by atoms with Crippen LogP contribution in [0.2, 0.25) is 0 Å². The molecule has 0 saturated heterocycles. The maximum absolute atomic E-state index is 10.5. The molecule has 7 nitrogen and oxygen atoms in total. The summed E-state index contributed by atoms with van der Waals surface area (Å²) in [5, 5.41) is 16.7. The van der Waals surface area contributed by atoms with Crippen LogP contribution < -0.4 is 5.73 Å². The minimum Gasteiger partial charge on any atom is -0.481 e. The van der Waals surface area contributed by atoms with Crippen molar-refractivity contribution in [1.82, 2.24) is 14.8 Å². The molecule has 1 heterocycles. The zero-order chi connectivity index (χ0) is 12.8. The first-order chi connectivity index (χ1) is 8.04. The quantitative estimate of drug-likeness (QED) is 0.686. The van der Waals surface area contributed by atoms with E-state index < -0.39 is 5.97 Å². The number of thioether (sulfide) groups is 1. The number of nitrogen functional groups attached to an aromatic ring is 1. The molecule has 0 aromatic carbocycles. The van der Waals surface area contributed by atoms with Crippen molar-refractivity contribution in [2.75, 3.05) is 18.1 Å². The van der Waals surface area contributed by atoms with Gasteiger partial charge in [-0.2, -0.15) is 0 Å². The van der Waals surface area contributed by atoms with Crippen LogP contribution in [0.25, 0.3) is 0 Å². The SMILES string of the molecule is CCOC(C)Cn1c(N)nnc1SCC(=O)O. The molecule has 0 radical (unpaired) electrons. The fourth-order valence-corrected chi connectivity index (χ4v) is 1.97. The molecular formula is C9H16N4O3S. The van der Waals surface area contributed by atoms with E-state index in [2.05, 4.69) is 10.2 Å². The molecule has 0 spiro atoms. The monoisotopic (exact) mass is 260 g/mol. The molecule has 0 amide bonds. The summed E-state index contributed by atoms with van der Waals surface area (Å²) in [7, 11) is 0. The number of carboxylic acids is 1. The largest absolute Gasteiger partial charge is 0.481 e. The molecule has 17 heavy (non-hydrogen) atoms. The molecule has 1 aromatic rings. The van der Waals surface area contributed by atoms with Crippen molar-refractivity contribution in [1.29, 1.82) is 0 Å². The summed E-state index contributed by atoms with van der Waals surface area (Å²) in [6.45, 7) is 4.94. The summed E-state index contributed by atoms with van der Waals surface area (Å²) >= 11 is 1.09. The van der Waals surface area contributed by atoms with E-state index in [1.54, 1.807) is 4.57 Å². The lowest BCUT2D eigenvalue weighted by molar-refractivity contribution is -0.133. The number of ether oxygens (including phenoxy) is 1. The average Bonchev–Trinajstić information content (AvgIpc) is 2.58. The zero-order valence-corrected chi connectivity index (χ0v) is 10.6. The van der Waals surface area contributed by atoms with Gasteiger partial charge in [-0.1, -0.05) is 11.8 Å². The number of nitrogens with zero attached hydrogens (tertiary/aromatic N) is 3. The predicted octanol–water partition coefficient (Wildman–Crippen LogP) is 0.462. The molecule has 96 valence electrons. The number of aliphatic carboxylic acids is 1. The van der Waals surface area contributed by atoms with Crippen molar-refractivity contribution in [2.24, 2.45) is 0 Å². The Morgan fingerprint density at radius 2 is 2.35 bits per heavy atom. The van der Waals surface area contributed by atoms with E-state index in [0.717, 1.165) is 11.8 Å². The molecule has 0 aliphatic rings. The van der Waals surface area contributed by atoms with Crippen LogP contribution >= 0.6 is 11.8 Å². The Morgan fingerprint density at radius 3 is 2.94 bits per heavy atom. The molecule has 0 aliphatic heterocycles. The molecule has 1 rings (SSSR count). The third-order valence-corrected chi connectivity index (χ3v) is 2.91. The summed E-state index contributed by atoms with van der Waals surface area (Å²) in [6, 6.07) is 0. The summed E-state index contributed by atoms with van der Waals surface area (Å²) in [5.74, 6) is -0.702. The first kappa shape index (κ1) is 13.8. The van der Waals surface area contributed by atoms with Crippen LogP contribution in [0, 0.1) is 0 Å². The van der Waals surface area contributed by atoms with Crippen LogP contribution in [-0.4, -0.2) is 44.3 Å². The highest BCUT2D eigenvalue weighted by Gasteiger charge is 2.14. The van der Waals surface area contributed by atoms with E-state index in [1.807, 2.05) is 13.8 Å². The maximum atomic E-state index is 10.5. The minimum atomic E-state index is -0.902. The van der Waals surface area contributed by atoms with Gasteiger partial charge >= 0.3 is 5.97 Å². The molecule has 1 unspecified atom stereocenters. The van der Waals surface area contributed by atoms with Crippen molar-refractivity contribution >= 4 is 23.7 Å². The highest BCUT2D eigenvalue weighted by Crippen LogP contribution is 2.18. The first-order valence-corrected chi connectivity index (χ1v) is 6.18. The van der Waals surface area contributed by atoms with Gasteiger partial charge in [-0.05, 0) is 13.8 Å². The van der Waals surface area contributed by atoms with E-state index >= 15 is 0 Å². The van der Waals surface area contributed by atoms with Gasteiger partial charge in [0.05, 0.1) is 18.4 Å². The van der Waals surface area contributed by atoms with Gasteiger partial charge in [-0.3, -0.25) is 9.36 Å². The second-order valence-corrected chi connectivity index (χ2v) is 4.34. The van der Waals surface area contributed by atoms with Gasteiger partial charge in [0.2, 0.25) is 5.95 Å². The number of anilines is 1. The lowest BCUT2D eigenvalue weighted by Gasteiger charge is -2.14. The summed E-state index contributed by atoms with van der Waals surface area (Å²) < 4.78 is 7.05. The number of nitrogens with two attached hydrogens (primary N) is 1. The minimum absolute atomic E-state index is 0.0255. The Balaban J connectivity index is 2.68. The number of carboxylic acid groups (broad SMARTS) is 1. The van der Waals surface area contributed by atoms with Crippen molar-refractivity contribution < 1.29 is 14.6 Å². The van der Waals surface area contributed by atoms with Crippen molar-refractivity contribution in [3.05, 3.63) is 0 Å². The van der Waals surface area contributed by atoms with E-state index in [-0.39, 0.29) is 17.8 Å². The zero-order valence-electron chi connectivity index (χ0n) is 9.79. The van der Waals surface area contributed by atoms with Gasteiger partial charge in [0.1, 0.15) is 0 Å². The van der Waals surface area contributed by atoms with Crippen molar-refractivity contribution in [2.45, 2.75) is 31.7 Å². The smallest absolute Gasteiger partial charge is 0.313 e. The Morgan fingerprint density at radius 1 is 1.65 bits per heavy atom. The molecule has 0 bridgehead atoms. The summed E-state index contributed by atoms with van der Waals surface area (Å²) in [5.41, 5.74) is 5.67. The van der Waals surface area contributed by atoms with Gasteiger partial charge in [0.15, 0.2) is 5.16 Å². The molecule has 0 aliphatic carbocycles. The van der Waals surface area contributed by atoms with Crippen LogP contribution in [0.1, 0.15) is 13.8 Å². The van der Waals surface area contributed by atoms with E-state index in [4.69, 9.17) is 15.6 Å². The van der Waals surface area contributed by atoms with Crippen molar-refractivity contribution in [3.63, 3.8) is 0 Å². The number of rotatable bonds is 7. The average molecular weight is 260 g/mol. The first-order valence-electron chi connectivity index (χ1n) is 5.19.